The first-order chi connectivity index (χ1) is 15.9. The summed E-state index contributed by atoms with van der Waals surface area (Å²) in [5, 5.41) is 2.27. The lowest BCUT2D eigenvalue weighted by Crippen LogP contribution is -2.25. The van der Waals surface area contributed by atoms with Crippen LogP contribution in [-0.2, 0) is 27.2 Å². The second-order valence-corrected chi connectivity index (χ2v) is 8.22. The van der Waals surface area contributed by atoms with Crippen molar-refractivity contribution in [1.29, 1.82) is 0 Å². The summed E-state index contributed by atoms with van der Waals surface area (Å²) in [7, 11) is 0. The Bertz CT molecular complexity index is 1260. The largest absolute Gasteiger partial charge is 0.402 e. The number of hydrogen-bond donors (Lipinski definition) is 0. The van der Waals surface area contributed by atoms with E-state index in [2.05, 4.69) is 23.8 Å². The molecule has 0 fully saturated rings. The fraction of sp³-hybridized carbons (Fsp3) is 0.200. The number of cyclic esters (lactones) is 1. The maximum atomic E-state index is 13.2. The molecule has 8 heteroatoms. The molecule has 1 amide bonds. The van der Waals surface area contributed by atoms with E-state index in [1.807, 2.05) is 18.2 Å². The average molecular weight is 464 g/mol. The van der Waals surface area contributed by atoms with E-state index >= 15 is 0 Å². The highest BCUT2D eigenvalue weighted by molar-refractivity contribution is 7.14. The number of nitrogens with zero attached hydrogens (tertiary/aromatic N) is 3. The van der Waals surface area contributed by atoms with Gasteiger partial charge in [0.1, 0.15) is 5.82 Å². The summed E-state index contributed by atoms with van der Waals surface area (Å²) in [6.45, 7) is 5.62. The van der Waals surface area contributed by atoms with E-state index in [1.165, 1.54) is 48.6 Å². The maximum Gasteiger partial charge on any atom is 0.363 e. The number of carbonyl (C=O) groups excluding carboxylic acids is 2. The number of aryl methyl sites for hydroxylation is 2. The molecule has 0 bridgehead atoms. The number of aliphatic imine (C=N–C) groups is 1. The van der Waals surface area contributed by atoms with Gasteiger partial charge in [-0.3, -0.25) is 9.69 Å². The third-order valence-corrected chi connectivity index (χ3v) is 6.04. The number of aromatic nitrogens is 1. The first-order valence-electron chi connectivity index (χ1n) is 10.6. The number of anilines is 2. The normalized spacial score (nSPS) is 14.4. The van der Waals surface area contributed by atoms with Crippen LogP contribution in [0.25, 0.3) is 6.08 Å². The van der Waals surface area contributed by atoms with E-state index in [-0.39, 0.29) is 23.3 Å². The van der Waals surface area contributed by atoms with Crippen molar-refractivity contribution in [1.82, 2.24) is 4.98 Å². The minimum atomic E-state index is -0.614. The molecule has 0 saturated carbocycles. The van der Waals surface area contributed by atoms with Crippen molar-refractivity contribution in [2.45, 2.75) is 33.6 Å². The van der Waals surface area contributed by atoms with Gasteiger partial charge in [-0.2, -0.15) is 0 Å². The number of esters is 1. The Morgan fingerprint density at radius 3 is 2.39 bits per heavy atom. The molecule has 0 spiro atoms. The molecule has 2 heterocycles. The van der Waals surface area contributed by atoms with Crippen LogP contribution in [0, 0.1) is 5.82 Å². The standard InChI is InChI=1S/C25H22FN3O3S/c1-4-16-7-6-8-17(5-2)22(16)29(15(3)30)25-27-20(14-33-25)13-21-24(31)32-23(28-21)18-9-11-19(26)12-10-18/h6-14H,4-5H2,1-3H3/b21-13+. The SMILES string of the molecule is CCc1cccc(CC)c1N(C(C)=O)c1nc(/C=C2/N=C(c3ccc(F)cc3)OC2=O)cs1. The highest BCUT2D eigenvalue weighted by Crippen LogP contribution is 2.35. The number of halogens is 1. The van der Waals surface area contributed by atoms with Crippen LogP contribution in [0.15, 0.2) is 58.5 Å². The Morgan fingerprint density at radius 2 is 1.79 bits per heavy atom. The van der Waals surface area contributed by atoms with Crippen LogP contribution in [0.5, 0.6) is 0 Å². The molecule has 0 unspecified atom stereocenters. The fourth-order valence-corrected chi connectivity index (χ4v) is 4.43. The zero-order chi connectivity index (χ0) is 23.5. The zero-order valence-electron chi connectivity index (χ0n) is 18.5. The lowest BCUT2D eigenvalue weighted by Gasteiger charge is -2.24. The predicted molar refractivity (Wildman–Crippen MR) is 127 cm³/mol. The highest BCUT2D eigenvalue weighted by Gasteiger charge is 2.26. The Balaban J connectivity index is 1.68. The van der Waals surface area contributed by atoms with Crippen LogP contribution in [-0.4, -0.2) is 22.8 Å². The number of amides is 1. The van der Waals surface area contributed by atoms with Gasteiger partial charge in [0.15, 0.2) is 10.8 Å². The van der Waals surface area contributed by atoms with Crippen LogP contribution in [0.4, 0.5) is 15.2 Å². The van der Waals surface area contributed by atoms with Crippen molar-refractivity contribution >= 4 is 46.0 Å². The molecule has 168 valence electrons. The lowest BCUT2D eigenvalue weighted by atomic mass is 10.0. The minimum absolute atomic E-state index is 0.0868. The maximum absolute atomic E-state index is 13.2. The Labute approximate surface area is 195 Å². The van der Waals surface area contributed by atoms with Crippen LogP contribution < -0.4 is 4.90 Å². The molecular weight excluding hydrogens is 441 g/mol. The van der Waals surface area contributed by atoms with Crippen molar-refractivity contribution in [3.05, 3.63) is 81.7 Å². The summed E-state index contributed by atoms with van der Waals surface area (Å²) in [6, 6.07) is 11.6. The molecule has 6 nitrogen and oxygen atoms in total. The van der Waals surface area contributed by atoms with Gasteiger partial charge in [0.05, 0.1) is 11.4 Å². The average Bonchev–Trinajstić information content (AvgIpc) is 3.41. The summed E-state index contributed by atoms with van der Waals surface area (Å²) in [4.78, 5) is 35.4. The van der Waals surface area contributed by atoms with E-state index in [4.69, 9.17) is 4.74 Å². The van der Waals surface area contributed by atoms with Gasteiger partial charge in [0.25, 0.3) is 0 Å². The van der Waals surface area contributed by atoms with Gasteiger partial charge in [-0.25, -0.2) is 19.2 Å². The number of ether oxygens (including phenoxy) is 1. The van der Waals surface area contributed by atoms with Gasteiger partial charge in [-0.05, 0) is 54.3 Å². The van der Waals surface area contributed by atoms with Gasteiger partial charge in [0, 0.05) is 17.9 Å². The first kappa shape index (κ1) is 22.5. The molecule has 33 heavy (non-hydrogen) atoms. The summed E-state index contributed by atoms with van der Waals surface area (Å²) in [5.74, 6) is -1.04. The molecule has 1 aliphatic heterocycles. The molecule has 2 aromatic carbocycles. The second-order valence-electron chi connectivity index (χ2n) is 7.38. The summed E-state index contributed by atoms with van der Waals surface area (Å²) in [6.07, 6.45) is 3.08. The van der Waals surface area contributed by atoms with Crippen LogP contribution in [0.2, 0.25) is 0 Å². The molecule has 0 atom stereocenters. The molecule has 0 N–H and O–H groups in total. The lowest BCUT2D eigenvalue weighted by molar-refractivity contribution is -0.130. The number of carbonyl (C=O) groups is 2. The summed E-state index contributed by atoms with van der Waals surface area (Å²) >= 11 is 1.31. The number of para-hydroxylation sites is 1. The van der Waals surface area contributed by atoms with E-state index in [0.717, 1.165) is 29.7 Å². The van der Waals surface area contributed by atoms with Gasteiger partial charge in [-0.1, -0.05) is 32.0 Å². The summed E-state index contributed by atoms with van der Waals surface area (Å²) < 4.78 is 18.4. The fourth-order valence-electron chi connectivity index (χ4n) is 3.60. The van der Waals surface area contributed by atoms with Crippen molar-refractivity contribution < 1.29 is 18.7 Å². The van der Waals surface area contributed by atoms with Crippen LogP contribution in [0.1, 0.15) is 43.2 Å². The van der Waals surface area contributed by atoms with E-state index in [1.54, 1.807) is 10.3 Å². The van der Waals surface area contributed by atoms with Gasteiger partial charge in [0.2, 0.25) is 11.8 Å². The van der Waals surface area contributed by atoms with E-state index in [0.29, 0.717) is 16.4 Å². The van der Waals surface area contributed by atoms with Crippen molar-refractivity contribution in [2.24, 2.45) is 4.99 Å². The monoisotopic (exact) mass is 463 g/mol. The van der Waals surface area contributed by atoms with E-state index in [9.17, 15) is 14.0 Å². The van der Waals surface area contributed by atoms with Gasteiger partial charge < -0.3 is 4.74 Å². The molecule has 0 saturated heterocycles. The van der Waals surface area contributed by atoms with E-state index < -0.39 is 5.97 Å². The topological polar surface area (TPSA) is 71.9 Å². The van der Waals surface area contributed by atoms with Crippen molar-refractivity contribution in [3.8, 4) is 0 Å². The second kappa shape index (κ2) is 9.46. The van der Waals surface area contributed by atoms with Crippen molar-refractivity contribution in [3.63, 3.8) is 0 Å². The molecule has 4 rings (SSSR count). The molecular formula is C25H22FN3O3S. The van der Waals surface area contributed by atoms with Gasteiger partial charge >= 0.3 is 5.97 Å². The Morgan fingerprint density at radius 1 is 1.12 bits per heavy atom. The van der Waals surface area contributed by atoms with Crippen LogP contribution in [0.3, 0.4) is 0 Å². The third kappa shape index (κ3) is 4.61. The summed E-state index contributed by atoms with van der Waals surface area (Å²) in [5.41, 5.74) is 4.06. The van der Waals surface area contributed by atoms with Gasteiger partial charge in [-0.15, -0.1) is 11.3 Å². The predicted octanol–water partition coefficient (Wildman–Crippen LogP) is 5.44. The quantitative estimate of drug-likeness (QED) is 0.361. The zero-order valence-corrected chi connectivity index (χ0v) is 19.3. The molecule has 3 aromatic rings. The smallest absolute Gasteiger partial charge is 0.363 e. The Hall–Kier alpha value is -3.65. The van der Waals surface area contributed by atoms with Crippen LogP contribution >= 0.6 is 11.3 Å². The number of thiazole rings is 1. The van der Waals surface area contributed by atoms with Crippen molar-refractivity contribution in [2.75, 3.05) is 4.90 Å². The Kier molecular flexibility index (Phi) is 6.46. The molecule has 1 aliphatic rings. The number of benzene rings is 2. The third-order valence-electron chi connectivity index (χ3n) is 5.20. The number of rotatable bonds is 6. The molecule has 0 radical (unpaired) electrons. The molecule has 1 aromatic heterocycles. The number of hydrogen-bond acceptors (Lipinski definition) is 6. The molecule has 0 aliphatic carbocycles. The minimum Gasteiger partial charge on any atom is -0.402 e. The first-order valence-corrected chi connectivity index (χ1v) is 11.4. The highest BCUT2D eigenvalue weighted by atomic mass is 32.1.